The maximum atomic E-state index is 12.9. The molecule has 2 aromatic carbocycles. The first-order chi connectivity index (χ1) is 12.9. The molecule has 1 atom stereocenters. The molecule has 1 N–H and O–H groups in total. The summed E-state index contributed by atoms with van der Waals surface area (Å²) in [4.78, 5) is 3.46. The van der Waals surface area contributed by atoms with Gasteiger partial charge in [0.15, 0.2) is 5.60 Å². The SMILES string of the molecule is CC(O)(c1ccc(S(=O)(=O)c2ccc(-n3ccnc3)cc2Cl)cc1)C(F)(F)F. The minimum atomic E-state index is -4.90. The zero-order valence-electron chi connectivity index (χ0n) is 14.4. The van der Waals surface area contributed by atoms with Crippen LogP contribution in [0.4, 0.5) is 13.2 Å². The summed E-state index contributed by atoms with van der Waals surface area (Å²) in [5.74, 6) is 0. The topological polar surface area (TPSA) is 72.2 Å². The Morgan fingerprint density at radius 1 is 1.11 bits per heavy atom. The zero-order valence-corrected chi connectivity index (χ0v) is 15.9. The minimum Gasteiger partial charge on any atom is -0.376 e. The number of hydrogen-bond acceptors (Lipinski definition) is 4. The number of halogens is 4. The molecule has 5 nitrogen and oxygen atoms in total. The Bertz CT molecular complexity index is 1090. The van der Waals surface area contributed by atoms with E-state index in [1.54, 1.807) is 17.0 Å². The average molecular weight is 431 g/mol. The predicted octanol–water partition coefficient (Wildman–Crippen LogP) is 4.13. The molecule has 1 heterocycles. The van der Waals surface area contributed by atoms with E-state index < -0.39 is 27.2 Å². The van der Waals surface area contributed by atoms with E-state index >= 15 is 0 Å². The van der Waals surface area contributed by atoms with E-state index in [0.717, 1.165) is 24.3 Å². The molecule has 1 unspecified atom stereocenters. The Balaban J connectivity index is 1.98. The molecule has 0 amide bonds. The first kappa shape index (κ1) is 20.4. The Labute approximate surface area is 163 Å². The number of aliphatic hydroxyl groups is 1. The third-order valence-electron chi connectivity index (χ3n) is 4.29. The number of benzene rings is 2. The predicted molar refractivity (Wildman–Crippen MR) is 96.1 cm³/mol. The highest BCUT2D eigenvalue weighted by atomic mass is 35.5. The summed E-state index contributed by atoms with van der Waals surface area (Å²) in [5, 5.41) is 9.65. The van der Waals surface area contributed by atoms with Crippen LogP contribution in [0.5, 0.6) is 0 Å². The van der Waals surface area contributed by atoms with Gasteiger partial charge in [-0.2, -0.15) is 13.2 Å². The standard InChI is InChI=1S/C18H14ClF3N2O3S/c1-17(25,18(20,21)22)12-2-5-14(6-3-12)28(26,27)16-7-4-13(10-15(16)19)24-9-8-23-11-24/h2-11,25H,1H3. The van der Waals surface area contributed by atoms with E-state index in [-0.39, 0.29) is 14.8 Å². The van der Waals surface area contributed by atoms with Crippen molar-refractivity contribution < 1.29 is 26.7 Å². The van der Waals surface area contributed by atoms with Gasteiger partial charge in [-0.05, 0) is 42.8 Å². The molecule has 0 bridgehead atoms. The lowest BCUT2D eigenvalue weighted by Gasteiger charge is -2.26. The lowest BCUT2D eigenvalue weighted by atomic mass is 9.96. The molecule has 10 heteroatoms. The second-order valence-corrected chi connectivity index (χ2v) is 8.51. The van der Waals surface area contributed by atoms with Crippen LogP contribution in [0.25, 0.3) is 5.69 Å². The number of rotatable bonds is 4. The number of imidazole rings is 1. The minimum absolute atomic E-state index is 0.0439. The van der Waals surface area contributed by atoms with Gasteiger partial charge in [0.2, 0.25) is 9.84 Å². The monoisotopic (exact) mass is 430 g/mol. The maximum Gasteiger partial charge on any atom is 0.421 e. The van der Waals surface area contributed by atoms with E-state index in [1.165, 1.54) is 24.5 Å². The number of aromatic nitrogens is 2. The van der Waals surface area contributed by atoms with Crippen LogP contribution < -0.4 is 0 Å². The van der Waals surface area contributed by atoms with Crippen molar-refractivity contribution in [3.8, 4) is 5.69 Å². The molecule has 3 rings (SSSR count). The molecular weight excluding hydrogens is 417 g/mol. The van der Waals surface area contributed by atoms with Crippen LogP contribution in [-0.4, -0.2) is 29.3 Å². The molecule has 0 aliphatic rings. The van der Waals surface area contributed by atoms with Gasteiger partial charge in [-0.1, -0.05) is 23.7 Å². The summed E-state index contributed by atoms with van der Waals surface area (Å²) in [5.41, 5.74) is -2.97. The summed E-state index contributed by atoms with van der Waals surface area (Å²) < 4.78 is 66.1. The van der Waals surface area contributed by atoms with Crippen molar-refractivity contribution in [2.45, 2.75) is 28.5 Å². The normalized spacial score (nSPS) is 14.6. The van der Waals surface area contributed by atoms with Crippen LogP contribution in [0.15, 0.2) is 71.0 Å². The second kappa shape index (κ2) is 6.91. The van der Waals surface area contributed by atoms with Crippen molar-refractivity contribution in [3.63, 3.8) is 0 Å². The van der Waals surface area contributed by atoms with Crippen molar-refractivity contribution in [3.05, 3.63) is 71.8 Å². The van der Waals surface area contributed by atoms with Crippen LogP contribution in [0, 0.1) is 0 Å². The van der Waals surface area contributed by atoms with Gasteiger partial charge in [-0.25, -0.2) is 13.4 Å². The molecule has 0 fully saturated rings. The highest BCUT2D eigenvalue weighted by Gasteiger charge is 2.51. The lowest BCUT2D eigenvalue weighted by Crippen LogP contribution is -2.39. The van der Waals surface area contributed by atoms with Crippen molar-refractivity contribution in [1.29, 1.82) is 0 Å². The van der Waals surface area contributed by atoms with Gasteiger partial charge < -0.3 is 9.67 Å². The first-order valence-electron chi connectivity index (χ1n) is 7.87. The van der Waals surface area contributed by atoms with Gasteiger partial charge in [-0.3, -0.25) is 0 Å². The number of hydrogen-bond donors (Lipinski definition) is 1. The fourth-order valence-corrected chi connectivity index (χ4v) is 4.32. The Morgan fingerprint density at radius 3 is 2.25 bits per heavy atom. The van der Waals surface area contributed by atoms with Crippen LogP contribution in [0.3, 0.4) is 0 Å². The van der Waals surface area contributed by atoms with Crippen molar-refractivity contribution in [2.75, 3.05) is 0 Å². The van der Waals surface area contributed by atoms with Gasteiger partial charge >= 0.3 is 6.18 Å². The molecule has 0 spiro atoms. The van der Waals surface area contributed by atoms with E-state index in [4.69, 9.17) is 11.6 Å². The van der Waals surface area contributed by atoms with E-state index in [2.05, 4.69) is 4.98 Å². The molecule has 0 radical (unpaired) electrons. The Morgan fingerprint density at radius 2 is 1.75 bits per heavy atom. The van der Waals surface area contributed by atoms with Crippen LogP contribution >= 0.6 is 11.6 Å². The fraction of sp³-hybridized carbons (Fsp3) is 0.167. The highest BCUT2D eigenvalue weighted by molar-refractivity contribution is 7.91. The quantitative estimate of drug-likeness (QED) is 0.675. The largest absolute Gasteiger partial charge is 0.421 e. The van der Waals surface area contributed by atoms with Crippen molar-refractivity contribution >= 4 is 21.4 Å². The average Bonchev–Trinajstić information content (AvgIpc) is 3.15. The molecule has 28 heavy (non-hydrogen) atoms. The van der Waals surface area contributed by atoms with Crippen molar-refractivity contribution in [2.24, 2.45) is 0 Å². The van der Waals surface area contributed by atoms with Crippen LogP contribution in [0.2, 0.25) is 5.02 Å². The number of nitrogens with zero attached hydrogens (tertiary/aromatic N) is 2. The molecule has 0 aliphatic heterocycles. The van der Waals surface area contributed by atoms with Gasteiger partial charge in [-0.15, -0.1) is 0 Å². The molecular formula is C18H14ClF3N2O3S. The second-order valence-electron chi connectivity index (χ2n) is 6.18. The fourth-order valence-electron chi connectivity index (χ4n) is 2.53. The Kier molecular flexibility index (Phi) is 5.03. The van der Waals surface area contributed by atoms with Gasteiger partial charge in [0.1, 0.15) is 0 Å². The summed E-state index contributed by atoms with van der Waals surface area (Å²) >= 11 is 6.14. The summed E-state index contributed by atoms with van der Waals surface area (Å²) in [7, 11) is -4.07. The first-order valence-corrected chi connectivity index (χ1v) is 9.73. The highest BCUT2D eigenvalue weighted by Crippen LogP contribution is 2.39. The van der Waals surface area contributed by atoms with Gasteiger partial charge in [0.25, 0.3) is 0 Å². The summed E-state index contributed by atoms with van der Waals surface area (Å²) in [6, 6.07) is 8.15. The molecule has 1 aromatic heterocycles. The van der Waals surface area contributed by atoms with Crippen LogP contribution in [0.1, 0.15) is 12.5 Å². The van der Waals surface area contributed by atoms with Gasteiger partial charge in [0, 0.05) is 18.1 Å². The smallest absolute Gasteiger partial charge is 0.376 e. The molecule has 148 valence electrons. The lowest BCUT2D eigenvalue weighted by molar-refractivity contribution is -0.258. The number of alkyl halides is 3. The summed E-state index contributed by atoms with van der Waals surface area (Å²) in [6.45, 7) is 0.599. The van der Waals surface area contributed by atoms with E-state index in [1.807, 2.05) is 0 Å². The third kappa shape index (κ3) is 3.52. The maximum absolute atomic E-state index is 12.9. The van der Waals surface area contributed by atoms with E-state index in [9.17, 15) is 26.7 Å². The molecule has 0 aliphatic carbocycles. The Hall–Kier alpha value is -2.36. The molecule has 3 aromatic rings. The zero-order chi connectivity index (χ0) is 20.7. The van der Waals surface area contributed by atoms with E-state index in [0.29, 0.717) is 12.6 Å². The third-order valence-corrected chi connectivity index (χ3v) is 6.54. The molecule has 0 saturated heterocycles. The molecule has 0 saturated carbocycles. The van der Waals surface area contributed by atoms with Crippen molar-refractivity contribution in [1.82, 2.24) is 9.55 Å². The number of sulfone groups is 1. The van der Waals surface area contributed by atoms with Gasteiger partial charge in [0.05, 0.1) is 21.1 Å². The van der Waals surface area contributed by atoms with Crippen LogP contribution in [-0.2, 0) is 15.4 Å². The summed E-state index contributed by atoms with van der Waals surface area (Å²) in [6.07, 6.45) is -0.175.